The van der Waals surface area contributed by atoms with Crippen molar-refractivity contribution in [2.24, 2.45) is 0 Å². The fraction of sp³-hybridized carbons (Fsp3) is 0.235. The highest BCUT2D eigenvalue weighted by atomic mass is 16.5. The van der Waals surface area contributed by atoms with E-state index >= 15 is 0 Å². The second kappa shape index (κ2) is 7.02. The molecule has 1 atom stereocenters. The molecule has 0 bridgehead atoms. The van der Waals surface area contributed by atoms with E-state index in [1.807, 2.05) is 0 Å². The number of carbonyl (C=O) groups excluding carboxylic acids is 1. The van der Waals surface area contributed by atoms with Gasteiger partial charge in [-0.15, -0.1) is 0 Å². The highest BCUT2D eigenvalue weighted by molar-refractivity contribution is 6.02. The maximum Gasteiger partial charge on any atom is 0.174 e. The molecule has 0 saturated carbocycles. The van der Waals surface area contributed by atoms with Gasteiger partial charge in [-0.25, -0.2) is 0 Å². The van der Waals surface area contributed by atoms with E-state index in [0.717, 1.165) is 11.6 Å². The number of Topliss-reactive ketones (excluding diaryl/α,β-unsaturated/α-hetero) is 1. The monoisotopic (exact) mass is 318 g/mol. The van der Waals surface area contributed by atoms with Crippen LogP contribution in [0.2, 0.25) is 0 Å². The SMILES string of the molecule is CCO.O=C1CC(c2ccc(O)cc2)Oc2cc(O)cc(O)c21. The molecule has 0 fully saturated rings. The molecular weight excluding hydrogens is 300 g/mol. The third kappa shape index (κ3) is 3.73. The number of ether oxygens (including phenoxy) is 1. The van der Waals surface area contributed by atoms with E-state index in [4.69, 9.17) is 9.84 Å². The molecular formula is C17H18O6. The molecule has 6 nitrogen and oxygen atoms in total. The lowest BCUT2D eigenvalue weighted by Gasteiger charge is -2.26. The summed E-state index contributed by atoms with van der Waals surface area (Å²) in [6.45, 7) is 1.93. The van der Waals surface area contributed by atoms with Crippen LogP contribution in [0.15, 0.2) is 36.4 Å². The van der Waals surface area contributed by atoms with Crippen molar-refractivity contribution < 1.29 is 30.0 Å². The van der Waals surface area contributed by atoms with E-state index in [0.29, 0.717) is 0 Å². The van der Waals surface area contributed by atoms with Gasteiger partial charge in [-0.2, -0.15) is 0 Å². The van der Waals surface area contributed by atoms with Crippen molar-refractivity contribution in [1.82, 2.24) is 0 Å². The van der Waals surface area contributed by atoms with Crippen molar-refractivity contribution in [1.29, 1.82) is 0 Å². The van der Waals surface area contributed by atoms with Crippen LogP contribution in [-0.4, -0.2) is 32.8 Å². The molecule has 0 amide bonds. The first kappa shape index (κ1) is 16.6. The number of aromatic hydroxyl groups is 3. The number of fused-ring (bicyclic) bond motifs is 1. The molecule has 23 heavy (non-hydrogen) atoms. The van der Waals surface area contributed by atoms with Crippen LogP contribution in [-0.2, 0) is 0 Å². The standard InChI is InChI=1S/C15H12O5.C2H6O/c16-9-3-1-8(2-4-9)13-7-12(19)15-11(18)5-10(17)6-14(15)20-13;1-2-3/h1-6,13,16-18H,7H2;3H,2H2,1H3. The zero-order chi connectivity index (χ0) is 17.0. The summed E-state index contributed by atoms with van der Waals surface area (Å²) >= 11 is 0. The number of rotatable bonds is 1. The Bertz CT molecular complexity index is 693. The summed E-state index contributed by atoms with van der Waals surface area (Å²) in [4.78, 5) is 12.1. The third-order valence-corrected chi connectivity index (χ3v) is 3.25. The van der Waals surface area contributed by atoms with Crippen molar-refractivity contribution in [3.63, 3.8) is 0 Å². The largest absolute Gasteiger partial charge is 0.508 e. The van der Waals surface area contributed by atoms with Gasteiger partial charge in [0, 0.05) is 18.7 Å². The van der Waals surface area contributed by atoms with Gasteiger partial charge in [-0.05, 0) is 24.6 Å². The van der Waals surface area contributed by atoms with E-state index in [1.165, 1.54) is 18.2 Å². The van der Waals surface area contributed by atoms with E-state index in [-0.39, 0.29) is 47.4 Å². The van der Waals surface area contributed by atoms with Crippen LogP contribution in [0.3, 0.4) is 0 Å². The molecule has 0 radical (unpaired) electrons. The summed E-state index contributed by atoms with van der Waals surface area (Å²) in [6.07, 6.45) is -0.410. The number of ketones is 1. The average molecular weight is 318 g/mol. The molecule has 0 saturated heterocycles. The smallest absolute Gasteiger partial charge is 0.174 e. The second-order valence-electron chi connectivity index (χ2n) is 4.98. The fourth-order valence-corrected chi connectivity index (χ4v) is 2.30. The van der Waals surface area contributed by atoms with Crippen molar-refractivity contribution in [3.05, 3.63) is 47.5 Å². The molecule has 6 heteroatoms. The lowest BCUT2D eigenvalue weighted by molar-refractivity contribution is 0.0845. The van der Waals surface area contributed by atoms with E-state index in [2.05, 4.69) is 0 Å². The Hall–Kier alpha value is -2.73. The first-order chi connectivity index (χ1) is 11.0. The van der Waals surface area contributed by atoms with Gasteiger partial charge in [-0.1, -0.05) is 12.1 Å². The Kier molecular flexibility index (Phi) is 5.08. The molecule has 0 spiro atoms. The fourth-order valence-electron chi connectivity index (χ4n) is 2.30. The minimum atomic E-state index is -0.503. The van der Waals surface area contributed by atoms with E-state index in [1.54, 1.807) is 19.1 Å². The lowest BCUT2D eigenvalue weighted by Crippen LogP contribution is -2.20. The van der Waals surface area contributed by atoms with Gasteiger partial charge in [0.1, 0.15) is 34.7 Å². The van der Waals surface area contributed by atoms with Crippen molar-refractivity contribution in [3.8, 4) is 23.0 Å². The Balaban J connectivity index is 0.000000595. The normalized spacial score (nSPS) is 15.9. The van der Waals surface area contributed by atoms with E-state index in [9.17, 15) is 20.1 Å². The minimum Gasteiger partial charge on any atom is -0.508 e. The number of hydrogen-bond acceptors (Lipinski definition) is 6. The molecule has 0 aromatic heterocycles. The Morgan fingerprint density at radius 2 is 1.70 bits per heavy atom. The number of phenolic OH excluding ortho intramolecular Hbond substituents is 3. The second-order valence-corrected chi connectivity index (χ2v) is 4.98. The zero-order valence-corrected chi connectivity index (χ0v) is 12.6. The maximum atomic E-state index is 12.1. The van der Waals surface area contributed by atoms with Gasteiger partial charge in [-0.3, -0.25) is 4.79 Å². The highest BCUT2D eigenvalue weighted by Crippen LogP contribution is 2.41. The molecule has 122 valence electrons. The van der Waals surface area contributed by atoms with Gasteiger partial charge >= 0.3 is 0 Å². The average Bonchev–Trinajstić information content (AvgIpc) is 2.47. The molecule has 4 N–H and O–H groups in total. The minimum absolute atomic E-state index is 0.0934. The number of phenols is 3. The summed E-state index contributed by atoms with van der Waals surface area (Å²) < 4.78 is 5.67. The number of benzene rings is 2. The van der Waals surface area contributed by atoms with Crippen LogP contribution >= 0.6 is 0 Å². The molecule has 1 unspecified atom stereocenters. The molecule has 0 aliphatic carbocycles. The molecule has 1 aliphatic rings. The quantitative estimate of drug-likeness (QED) is 0.643. The summed E-state index contributed by atoms with van der Waals surface area (Å²) in [5.41, 5.74) is 0.836. The van der Waals surface area contributed by atoms with Gasteiger partial charge in [0.05, 0.1) is 6.42 Å². The predicted octanol–water partition coefficient (Wildman–Crippen LogP) is 2.51. The topological polar surface area (TPSA) is 107 Å². The zero-order valence-electron chi connectivity index (χ0n) is 12.6. The summed E-state index contributed by atoms with van der Waals surface area (Å²) in [5, 5.41) is 36.0. The van der Waals surface area contributed by atoms with Crippen molar-refractivity contribution >= 4 is 5.78 Å². The van der Waals surface area contributed by atoms with Crippen LogP contribution in [0.1, 0.15) is 35.4 Å². The van der Waals surface area contributed by atoms with Crippen LogP contribution in [0, 0.1) is 0 Å². The molecule has 1 aliphatic heterocycles. The highest BCUT2D eigenvalue weighted by Gasteiger charge is 2.30. The van der Waals surface area contributed by atoms with Crippen LogP contribution < -0.4 is 4.74 Å². The number of carbonyl (C=O) groups is 1. The summed E-state index contributed by atoms with van der Waals surface area (Å²) in [7, 11) is 0. The number of aliphatic hydroxyl groups excluding tert-OH is 1. The molecule has 2 aromatic carbocycles. The van der Waals surface area contributed by atoms with Crippen molar-refractivity contribution in [2.75, 3.05) is 6.61 Å². The first-order valence-corrected chi connectivity index (χ1v) is 7.11. The number of hydrogen-bond donors (Lipinski definition) is 4. The molecule has 1 heterocycles. The lowest BCUT2D eigenvalue weighted by atomic mass is 9.95. The van der Waals surface area contributed by atoms with Gasteiger partial charge < -0.3 is 25.2 Å². The third-order valence-electron chi connectivity index (χ3n) is 3.25. The molecule has 2 aromatic rings. The van der Waals surface area contributed by atoms with Gasteiger partial charge in [0.25, 0.3) is 0 Å². The van der Waals surface area contributed by atoms with Crippen LogP contribution in [0.25, 0.3) is 0 Å². The summed E-state index contributed by atoms with van der Waals surface area (Å²) in [5.74, 6) is -0.403. The van der Waals surface area contributed by atoms with Gasteiger partial charge in [0.15, 0.2) is 5.78 Å². The Morgan fingerprint density at radius 1 is 1.09 bits per heavy atom. The summed E-state index contributed by atoms with van der Waals surface area (Å²) in [6, 6.07) is 8.78. The first-order valence-electron chi connectivity index (χ1n) is 7.11. The van der Waals surface area contributed by atoms with Crippen molar-refractivity contribution in [2.45, 2.75) is 19.4 Å². The van der Waals surface area contributed by atoms with Gasteiger partial charge in [0.2, 0.25) is 0 Å². The van der Waals surface area contributed by atoms with E-state index < -0.39 is 6.10 Å². The van der Waals surface area contributed by atoms with Crippen LogP contribution in [0.4, 0.5) is 0 Å². The van der Waals surface area contributed by atoms with Crippen LogP contribution in [0.5, 0.6) is 23.0 Å². The maximum absolute atomic E-state index is 12.1. The number of aliphatic hydroxyl groups is 1. The molecule has 3 rings (SSSR count). The predicted molar refractivity (Wildman–Crippen MR) is 83.0 cm³/mol. The Labute approximate surface area is 133 Å². The Morgan fingerprint density at radius 3 is 2.30 bits per heavy atom.